The Hall–Kier alpha value is -1.66. The van der Waals surface area contributed by atoms with Crippen molar-refractivity contribution in [3.63, 3.8) is 0 Å². The van der Waals surface area contributed by atoms with E-state index in [1.807, 2.05) is 37.1 Å². The van der Waals surface area contributed by atoms with Crippen molar-refractivity contribution in [3.8, 4) is 0 Å². The fourth-order valence-corrected chi connectivity index (χ4v) is 1.54. The molecule has 0 aliphatic rings. The molecule has 0 aliphatic carbocycles. The monoisotopic (exact) mass is 251 g/mol. The number of guanidine groups is 1. The van der Waals surface area contributed by atoms with E-state index < -0.39 is 0 Å². The lowest BCUT2D eigenvalue weighted by molar-refractivity contribution is 0.185. The van der Waals surface area contributed by atoms with Crippen LogP contribution < -0.4 is 11.3 Å². The Balaban J connectivity index is 2.65. The smallest absolute Gasteiger partial charge is 0.208 e. The summed E-state index contributed by atoms with van der Waals surface area (Å²) < 4.78 is 5.04. The van der Waals surface area contributed by atoms with Crippen LogP contribution in [0.5, 0.6) is 0 Å². The number of nitrogens with two attached hydrogens (primary N) is 1. The van der Waals surface area contributed by atoms with Crippen molar-refractivity contribution in [1.82, 2.24) is 15.3 Å². The van der Waals surface area contributed by atoms with Crippen LogP contribution in [0, 0.1) is 0 Å². The Morgan fingerprint density at radius 1 is 1.61 bits per heavy atom. The first-order chi connectivity index (χ1) is 8.67. The predicted molar refractivity (Wildman–Crippen MR) is 71.8 cm³/mol. The molecule has 0 bridgehead atoms. The van der Waals surface area contributed by atoms with Crippen LogP contribution >= 0.6 is 0 Å². The number of methoxy groups -OCH3 is 1. The number of rotatable bonds is 5. The molecule has 1 heterocycles. The molecule has 100 valence electrons. The number of hydrogen-bond donors (Lipinski definition) is 2. The third-order valence-corrected chi connectivity index (χ3v) is 2.37. The standard InChI is InChI=1S/C12H21N5O/c1-10(9-18-3)15-12(16-13)17(2)8-11-6-4-5-7-14-11/h4-7,10H,8-9,13H2,1-3H3,(H,15,16). The molecule has 3 N–H and O–H groups in total. The minimum Gasteiger partial charge on any atom is -0.382 e. The molecule has 6 nitrogen and oxygen atoms in total. The maximum atomic E-state index is 5.49. The van der Waals surface area contributed by atoms with Gasteiger partial charge in [0.1, 0.15) is 0 Å². The quantitative estimate of drug-likeness (QED) is 0.342. The molecule has 0 aromatic carbocycles. The first-order valence-corrected chi connectivity index (χ1v) is 5.81. The maximum Gasteiger partial charge on any atom is 0.208 e. The van der Waals surface area contributed by atoms with E-state index in [-0.39, 0.29) is 6.04 Å². The van der Waals surface area contributed by atoms with E-state index in [0.717, 1.165) is 5.69 Å². The molecule has 0 radical (unpaired) electrons. The number of hydrogen-bond acceptors (Lipinski definition) is 4. The van der Waals surface area contributed by atoms with Gasteiger partial charge in [0.2, 0.25) is 5.96 Å². The highest BCUT2D eigenvalue weighted by Gasteiger charge is 2.08. The first kappa shape index (κ1) is 14.4. The van der Waals surface area contributed by atoms with Gasteiger partial charge in [-0.3, -0.25) is 10.4 Å². The lowest BCUT2D eigenvalue weighted by Crippen LogP contribution is -2.43. The summed E-state index contributed by atoms with van der Waals surface area (Å²) in [6.07, 6.45) is 1.77. The fraction of sp³-hybridized carbons (Fsp3) is 0.500. The lowest BCUT2D eigenvalue weighted by atomic mass is 10.3. The minimum absolute atomic E-state index is 0.0484. The Kier molecular flexibility index (Phi) is 6.10. The van der Waals surface area contributed by atoms with E-state index >= 15 is 0 Å². The Morgan fingerprint density at radius 2 is 2.39 bits per heavy atom. The van der Waals surface area contributed by atoms with Crippen LogP contribution in [0.1, 0.15) is 12.6 Å². The van der Waals surface area contributed by atoms with Crippen molar-refractivity contribution >= 4 is 5.96 Å². The molecule has 1 rings (SSSR count). The van der Waals surface area contributed by atoms with Gasteiger partial charge in [-0.1, -0.05) is 6.07 Å². The molecular weight excluding hydrogens is 230 g/mol. The highest BCUT2D eigenvalue weighted by atomic mass is 16.5. The zero-order valence-electron chi connectivity index (χ0n) is 11.1. The number of nitrogens with zero attached hydrogens (tertiary/aromatic N) is 3. The first-order valence-electron chi connectivity index (χ1n) is 5.81. The summed E-state index contributed by atoms with van der Waals surface area (Å²) in [6.45, 7) is 3.17. The molecule has 0 saturated heterocycles. The Bertz CT molecular complexity index is 368. The van der Waals surface area contributed by atoms with Crippen molar-refractivity contribution in [2.24, 2.45) is 10.8 Å². The van der Waals surface area contributed by atoms with Gasteiger partial charge >= 0.3 is 0 Å². The SMILES string of the molecule is COCC(C)N=C(NN)N(C)Cc1ccccn1. The third kappa shape index (κ3) is 4.68. The molecule has 18 heavy (non-hydrogen) atoms. The second-order valence-electron chi connectivity index (χ2n) is 4.08. The zero-order valence-corrected chi connectivity index (χ0v) is 11.1. The summed E-state index contributed by atoms with van der Waals surface area (Å²) in [5.41, 5.74) is 3.56. The number of aromatic nitrogens is 1. The van der Waals surface area contributed by atoms with Crippen LogP contribution in [0.2, 0.25) is 0 Å². The molecule has 1 unspecified atom stereocenters. The lowest BCUT2D eigenvalue weighted by Gasteiger charge is -2.21. The second-order valence-corrected chi connectivity index (χ2v) is 4.08. The number of aliphatic imine (C=N–C) groups is 1. The summed E-state index contributed by atoms with van der Waals surface area (Å²) in [6, 6.07) is 5.85. The molecular formula is C12H21N5O. The van der Waals surface area contributed by atoms with E-state index in [4.69, 9.17) is 10.6 Å². The van der Waals surface area contributed by atoms with Crippen LogP contribution in [0.4, 0.5) is 0 Å². The number of nitrogens with one attached hydrogen (secondary N) is 1. The molecule has 0 saturated carbocycles. The predicted octanol–water partition coefficient (Wildman–Crippen LogP) is 0.368. The molecule has 1 atom stereocenters. The molecule has 0 aliphatic heterocycles. The average Bonchev–Trinajstić information content (AvgIpc) is 2.37. The summed E-state index contributed by atoms with van der Waals surface area (Å²) in [4.78, 5) is 10.6. The minimum atomic E-state index is 0.0484. The average molecular weight is 251 g/mol. The Morgan fingerprint density at radius 3 is 2.94 bits per heavy atom. The van der Waals surface area contributed by atoms with Crippen LogP contribution in [-0.4, -0.2) is 42.6 Å². The number of pyridine rings is 1. The fourth-order valence-electron chi connectivity index (χ4n) is 1.54. The van der Waals surface area contributed by atoms with Gasteiger partial charge in [-0.05, 0) is 19.1 Å². The second kappa shape index (κ2) is 7.62. The Labute approximate surface area is 108 Å². The van der Waals surface area contributed by atoms with E-state index in [1.54, 1.807) is 13.3 Å². The van der Waals surface area contributed by atoms with Crippen LogP contribution in [0.25, 0.3) is 0 Å². The van der Waals surface area contributed by atoms with E-state index in [2.05, 4.69) is 15.4 Å². The normalized spacial score (nSPS) is 13.2. The van der Waals surface area contributed by atoms with Crippen LogP contribution in [-0.2, 0) is 11.3 Å². The topological polar surface area (TPSA) is 75.8 Å². The van der Waals surface area contributed by atoms with Crippen LogP contribution in [0.3, 0.4) is 0 Å². The van der Waals surface area contributed by atoms with E-state index in [1.165, 1.54) is 0 Å². The van der Waals surface area contributed by atoms with Gasteiger partial charge in [0.05, 0.1) is 24.9 Å². The van der Waals surface area contributed by atoms with E-state index in [9.17, 15) is 0 Å². The summed E-state index contributed by atoms with van der Waals surface area (Å²) in [5.74, 6) is 6.10. The molecule has 0 amide bonds. The van der Waals surface area contributed by atoms with Crippen molar-refractivity contribution in [2.45, 2.75) is 19.5 Å². The van der Waals surface area contributed by atoms with Crippen LogP contribution in [0.15, 0.2) is 29.4 Å². The summed E-state index contributed by atoms with van der Waals surface area (Å²) >= 11 is 0. The number of hydrazine groups is 1. The van der Waals surface area contributed by atoms with Crippen molar-refractivity contribution in [3.05, 3.63) is 30.1 Å². The molecule has 1 aromatic heterocycles. The van der Waals surface area contributed by atoms with Crippen molar-refractivity contribution in [2.75, 3.05) is 20.8 Å². The largest absolute Gasteiger partial charge is 0.382 e. The maximum absolute atomic E-state index is 5.49. The summed E-state index contributed by atoms with van der Waals surface area (Å²) in [5, 5.41) is 0. The van der Waals surface area contributed by atoms with Crippen molar-refractivity contribution in [1.29, 1.82) is 0 Å². The highest BCUT2D eigenvalue weighted by Crippen LogP contribution is 2.00. The van der Waals surface area contributed by atoms with Gasteiger partial charge in [-0.25, -0.2) is 10.8 Å². The zero-order chi connectivity index (χ0) is 13.4. The van der Waals surface area contributed by atoms with Crippen molar-refractivity contribution < 1.29 is 4.74 Å². The third-order valence-electron chi connectivity index (χ3n) is 2.37. The van der Waals surface area contributed by atoms with Gasteiger partial charge in [0, 0.05) is 20.4 Å². The molecule has 0 spiro atoms. The van der Waals surface area contributed by atoms with Gasteiger partial charge in [0.15, 0.2) is 0 Å². The van der Waals surface area contributed by atoms with E-state index in [0.29, 0.717) is 19.1 Å². The molecule has 0 fully saturated rings. The van der Waals surface area contributed by atoms with Gasteiger partial charge in [-0.2, -0.15) is 0 Å². The summed E-state index contributed by atoms with van der Waals surface area (Å²) in [7, 11) is 3.56. The molecule has 6 heteroatoms. The van der Waals surface area contributed by atoms with Gasteiger partial charge < -0.3 is 9.64 Å². The van der Waals surface area contributed by atoms with Gasteiger partial charge in [-0.15, -0.1) is 0 Å². The number of ether oxygens (including phenoxy) is 1. The van der Waals surface area contributed by atoms with Gasteiger partial charge in [0.25, 0.3) is 0 Å². The molecule has 1 aromatic rings. The highest BCUT2D eigenvalue weighted by molar-refractivity contribution is 5.79.